The summed E-state index contributed by atoms with van der Waals surface area (Å²) in [5.74, 6) is -2.00. The maximum Gasteiger partial charge on any atom is 0.317 e. The van der Waals surface area contributed by atoms with Gasteiger partial charge in [-0.3, -0.25) is 14.4 Å². The fourth-order valence-electron chi connectivity index (χ4n) is 15.4. The molecule has 8 aliphatic rings. The van der Waals surface area contributed by atoms with Crippen LogP contribution in [0.15, 0.2) is 11.6 Å². The summed E-state index contributed by atoms with van der Waals surface area (Å²) in [6.07, 6.45) is -16.6. The van der Waals surface area contributed by atoms with Crippen molar-refractivity contribution in [3.05, 3.63) is 11.6 Å². The zero-order chi connectivity index (χ0) is 53.5. The van der Waals surface area contributed by atoms with Crippen LogP contribution in [0.4, 0.5) is 0 Å². The van der Waals surface area contributed by atoms with Gasteiger partial charge in [-0.25, -0.2) is 0 Å². The molecule has 3 heterocycles. The standard InChI is InChI=1S/C52H82O21/c1-24-34(57)36(59)39(62)44(68-24)72-42-27(21-53)69-43(41(64)38(42)61)67-22-28-35(58)37(60)40(63)45(70-28)73-46(65)52-17-15-47(2,3)20-26(52)25-9-10-30-48(4)13-12-31(71-33(56)19-32(55)66-8)49(5,23-54)29(48)11-14-51(30,7)50(25,6)16-18-52/h9,24,26-31,34-45,53-54,57-64H,10-23H2,1-8H3. The van der Waals surface area contributed by atoms with Gasteiger partial charge < -0.3 is 89.0 Å². The van der Waals surface area contributed by atoms with Crippen LogP contribution < -0.4 is 0 Å². The molecule has 0 aromatic rings. The molecule has 0 aromatic carbocycles. The van der Waals surface area contributed by atoms with E-state index in [0.717, 1.165) is 25.7 Å². The highest BCUT2D eigenvalue weighted by molar-refractivity contribution is 5.91. The summed E-state index contributed by atoms with van der Waals surface area (Å²) in [6.45, 7) is 13.3. The summed E-state index contributed by atoms with van der Waals surface area (Å²) in [4.78, 5) is 39.9. The fourth-order valence-corrected chi connectivity index (χ4v) is 15.4. The molecular formula is C52H82O21. The molecule has 0 spiro atoms. The van der Waals surface area contributed by atoms with Gasteiger partial charge in [-0.05, 0) is 111 Å². The molecule has 24 unspecified atom stereocenters. The van der Waals surface area contributed by atoms with Crippen LogP contribution in [0.3, 0.4) is 0 Å². The first-order valence-corrected chi connectivity index (χ1v) is 26.2. The maximum atomic E-state index is 15.1. The summed E-state index contributed by atoms with van der Waals surface area (Å²) in [6, 6.07) is 0. The maximum absolute atomic E-state index is 15.1. The summed E-state index contributed by atoms with van der Waals surface area (Å²) in [7, 11) is 1.22. The number of fused-ring (bicyclic) bond motifs is 7. The predicted molar refractivity (Wildman–Crippen MR) is 251 cm³/mol. The Morgan fingerprint density at radius 2 is 1.32 bits per heavy atom. The minimum Gasteiger partial charge on any atom is -0.469 e. The number of allylic oxidation sites excluding steroid dienone is 2. The zero-order valence-electron chi connectivity index (χ0n) is 43.4. The lowest BCUT2D eigenvalue weighted by Gasteiger charge is -2.71. The van der Waals surface area contributed by atoms with Gasteiger partial charge in [0.05, 0.1) is 38.4 Å². The Balaban J connectivity index is 0.974. The number of carbonyl (C=O) groups is 3. The van der Waals surface area contributed by atoms with Crippen molar-refractivity contribution in [1.82, 2.24) is 0 Å². The van der Waals surface area contributed by atoms with E-state index in [-0.39, 0.29) is 46.0 Å². The van der Waals surface area contributed by atoms with Crippen molar-refractivity contribution in [1.29, 1.82) is 0 Å². The van der Waals surface area contributed by atoms with E-state index in [1.54, 1.807) is 0 Å². The molecule has 0 bridgehead atoms. The quantitative estimate of drug-likeness (QED) is 0.0542. The highest BCUT2D eigenvalue weighted by atomic mass is 16.8. The minimum atomic E-state index is -1.87. The van der Waals surface area contributed by atoms with E-state index in [2.05, 4.69) is 40.7 Å². The molecule has 24 atom stereocenters. The second-order valence-electron chi connectivity index (χ2n) is 24.5. The van der Waals surface area contributed by atoms with E-state index >= 15 is 4.79 Å². The Kier molecular flexibility index (Phi) is 16.1. The summed E-state index contributed by atoms with van der Waals surface area (Å²) in [5.41, 5.74) is -1.52. The Labute approximate surface area is 426 Å². The van der Waals surface area contributed by atoms with Gasteiger partial charge in [0.15, 0.2) is 12.6 Å². The molecule has 10 N–H and O–H groups in total. The lowest BCUT2D eigenvalue weighted by molar-refractivity contribution is -0.361. The third kappa shape index (κ3) is 9.52. The summed E-state index contributed by atoms with van der Waals surface area (Å²) < 4.78 is 45.4. The molecule has 0 radical (unpaired) electrons. The average molecular weight is 1040 g/mol. The third-order valence-corrected chi connectivity index (χ3v) is 20.2. The van der Waals surface area contributed by atoms with E-state index in [1.165, 1.54) is 19.6 Å². The van der Waals surface area contributed by atoms with Crippen LogP contribution in [-0.2, 0) is 52.3 Å². The van der Waals surface area contributed by atoms with Gasteiger partial charge in [0.1, 0.15) is 79.7 Å². The zero-order valence-corrected chi connectivity index (χ0v) is 43.4. The summed E-state index contributed by atoms with van der Waals surface area (Å²) in [5, 5.41) is 108. The molecule has 21 nitrogen and oxygen atoms in total. The number of methoxy groups -OCH3 is 1. The molecule has 21 heteroatoms. The highest BCUT2D eigenvalue weighted by Gasteiger charge is 2.70. The van der Waals surface area contributed by atoms with Crippen LogP contribution >= 0.6 is 0 Å². The van der Waals surface area contributed by atoms with Gasteiger partial charge in [-0.15, -0.1) is 0 Å². The van der Waals surface area contributed by atoms with Gasteiger partial charge >= 0.3 is 17.9 Å². The van der Waals surface area contributed by atoms with Crippen molar-refractivity contribution in [2.75, 3.05) is 26.9 Å². The predicted octanol–water partition coefficient (Wildman–Crippen LogP) is 0.255. The SMILES string of the molecule is COC(=O)CC(=O)OC1CCC2(C)C(CCC3(C)C2CC=C2C4CC(C)(C)CCC4(C(=O)OC4OC(COC5OC(CO)C(OC6OC(C)C(O)C(O)C6O)C(O)C5O)C(O)C(O)C4O)CCC23C)C1(C)CO. The molecule has 0 aromatic heterocycles. The van der Waals surface area contributed by atoms with Crippen LogP contribution in [-0.4, -0.2) is 194 Å². The largest absolute Gasteiger partial charge is 0.469 e. The molecule has 73 heavy (non-hydrogen) atoms. The van der Waals surface area contributed by atoms with Gasteiger partial charge in [0.2, 0.25) is 6.29 Å². The molecular weight excluding hydrogens is 961 g/mol. The number of aliphatic hydroxyl groups is 10. The number of aliphatic hydroxyl groups excluding tert-OH is 10. The van der Waals surface area contributed by atoms with Crippen molar-refractivity contribution in [3.63, 3.8) is 0 Å². The Bertz CT molecular complexity index is 2050. The Hall–Kier alpha value is -2.45. The number of carbonyl (C=O) groups excluding carboxylic acids is 3. The minimum absolute atomic E-state index is 0.00845. The van der Waals surface area contributed by atoms with Gasteiger partial charge in [0.25, 0.3) is 0 Å². The van der Waals surface area contributed by atoms with Crippen molar-refractivity contribution in [2.45, 2.75) is 217 Å². The fraction of sp³-hybridized carbons (Fsp3) is 0.904. The second-order valence-corrected chi connectivity index (χ2v) is 24.5. The van der Waals surface area contributed by atoms with Gasteiger partial charge in [-0.1, -0.05) is 53.2 Å². The molecule has 4 saturated carbocycles. The highest BCUT2D eigenvalue weighted by Crippen LogP contribution is 2.76. The molecule has 3 aliphatic heterocycles. The van der Waals surface area contributed by atoms with Crippen LogP contribution in [0.25, 0.3) is 0 Å². The van der Waals surface area contributed by atoms with Crippen molar-refractivity contribution >= 4 is 17.9 Å². The van der Waals surface area contributed by atoms with Crippen LogP contribution in [0.1, 0.15) is 119 Å². The smallest absolute Gasteiger partial charge is 0.317 e. The first-order valence-electron chi connectivity index (χ1n) is 26.2. The van der Waals surface area contributed by atoms with E-state index in [4.69, 9.17) is 37.9 Å². The third-order valence-electron chi connectivity index (χ3n) is 20.2. The van der Waals surface area contributed by atoms with Crippen molar-refractivity contribution in [3.8, 4) is 0 Å². The topological polar surface area (TPSA) is 327 Å². The van der Waals surface area contributed by atoms with Crippen LogP contribution in [0.2, 0.25) is 0 Å². The number of hydrogen-bond acceptors (Lipinski definition) is 21. The lowest BCUT2D eigenvalue weighted by atomic mass is 9.33. The lowest BCUT2D eigenvalue weighted by Crippen LogP contribution is -2.66. The molecule has 3 saturated heterocycles. The normalized spacial score (nSPS) is 50.4. The molecule has 0 amide bonds. The van der Waals surface area contributed by atoms with Crippen LogP contribution in [0, 0.1) is 50.2 Å². The molecule has 5 aliphatic carbocycles. The van der Waals surface area contributed by atoms with E-state index in [9.17, 15) is 60.7 Å². The number of rotatable bonds is 12. The first-order chi connectivity index (χ1) is 34.2. The summed E-state index contributed by atoms with van der Waals surface area (Å²) >= 11 is 0. The molecule has 8 rings (SSSR count). The van der Waals surface area contributed by atoms with Crippen molar-refractivity contribution < 1.29 is 103 Å². The van der Waals surface area contributed by atoms with E-state index < -0.39 is 147 Å². The van der Waals surface area contributed by atoms with E-state index in [0.29, 0.717) is 38.5 Å². The second kappa shape index (κ2) is 20.7. The number of hydrogen-bond donors (Lipinski definition) is 10. The first kappa shape index (κ1) is 56.7. The van der Waals surface area contributed by atoms with Crippen molar-refractivity contribution in [2.24, 2.45) is 50.2 Å². The van der Waals surface area contributed by atoms with Gasteiger partial charge in [0, 0.05) is 5.41 Å². The molecule has 416 valence electrons. The average Bonchev–Trinajstić information content (AvgIpc) is 3.34. The number of esters is 3. The van der Waals surface area contributed by atoms with Crippen LogP contribution in [0.5, 0.6) is 0 Å². The molecule has 7 fully saturated rings. The van der Waals surface area contributed by atoms with Gasteiger partial charge in [-0.2, -0.15) is 0 Å². The monoisotopic (exact) mass is 1040 g/mol. The van der Waals surface area contributed by atoms with E-state index in [1.807, 2.05) is 6.92 Å². The number of ether oxygens (including phenoxy) is 8. The Morgan fingerprint density at radius 1 is 0.671 bits per heavy atom. The Morgan fingerprint density at radius 3 is 1.99 bits per heavy atom.